The lowest BCUT2D eigenvalue weighted by molar-refractivity contribution is -0.139. The third-order valence-electron chi connectivity index (χ3n) is 8.78. The van der Waals surface area contributed by atoms with E-state index in [1.807, 2.05) is 58.0 Å². The largest absolute Gasteiger partial charge is 0.489 e. The molecule has 0 spiro atoms. The minimum atomic E-state index is -0.829. The van der Waals surface area contributed by atoms with Crippen LogP contribution < -0.4 is 9.47 Å². The number of aromatic nitrogens is 2. The van der Waals surface area contributed by atoms with Crippen LogP contribution in [0.25, 0.3) is 22.3 Å². The summed E-state index contributed by atoms with van der Waals surface area (Å²) in [6, 6.07) is 24.9. The molecule has 5 aromatic rings. The zero-order valence-corrected chi connectivity index (χ0v) is 28.2. The Bertz CT molecular complexity index is 1990. The van der Waals surface area contributed by atoms with E-state index in [1.54, 1.807) is 0 Å². The SMILES string of the molecule is C=CC(=O)OCCOc1c(C)cc(C2(c3cc(C)c(OCCOC(=O)C=C)c(C)c3)c3ccccc3-c3nc4ccccc4nc32)cc1C. The lowest BCUT2D eigenvalue weighted by atomic mass is 9.68. The number of fused-ring (bicyclic) bond motifs is 4. The lowest BCUT2D eigenvalue weighted by Gasteiger charge is -2.34. The lowest BCUT2D eigenvalue weighted by Crippen LogP contribution is -2.30. The third-order valence-corrected chi connectivity index (χ3v) is 8.78. The number of rotatable bonds is 12. The molecule has 248 valence electrons. The van der Waals surface area contributed by atoms with Gasteiger partial charge < -0.3 is 18.9 Å². The van der Waals surface area contributed by atoms with Gasteiger partial charge in [-0.15, -0.1) is 0 Å². The maximum atomic E-state index is 11.5. The second kappa shape index (κ2) is 13.8. The molecule has 0 unspecified atom stereocenters. The Morgan fingerprint density at radius 3 is 1.59 bits per heavy atom. The van der Waals surface area contributed by atoms with Crippen LogP contribution in [0, 0.1) is 27.7 Å². The van der Waals surface area contributed by atoms with Crippen molar-refractivity contribution >= 4 is 23.0 Å². The van der Waals surface area contributed by atoms with Crippen LogP contribution >= 0.6 is 0 Å². The highest BCUT2D eigenvalue weighted by Gasteiger charge is 2.49. The number of aryl methyl sites for hydroxylation is 4. The molecule has 1 aliphatic carbocycles. The van der Waals surface area contributed by atoms with Crippen molar-refractivity contribution < 1.29 is 28.5 Å². The molecule has 0 bridgehead atoms. The fraction of sp³-hybridized carbons (Fsp3) is 0.220. The van der Waals surface area contributed by atoms with Crippen LogP contribution in [0.5, 0.6) is 11.5 Å². The fourth-order valence-electron chi connectivity index (χ4n) is 6.82. The minimum Gasteiger partial charge on any atom is -0.489 e. The molecule has 0 saturated carbocycles. The highest BCUT2D eigenvalue weighted by atomic mass is 16.6. The quantitative estimate of drug-likeness (QED) is 0.0763. The van der Waals surface area contributed by atoms with Gasteiger partial charge in [0.05, 0.1) is 27.8 Å². The normalized spacial score (nSPS) is 12.5. The molecule has 49 heavy (non-hydrogen) atoms. The molecule has 8 heteroatoms. The van der Waals surface area contributed by atoms with Gasteiger partial charge in [-0.1, -0.05) is 73.8 Å². The summed E-state index contributed by atoms with van der Waals surface area (Å²) in [6.45, 7) is 15.6. The number of para-hydroxylation sites is 2. The van der Waals surface area contributed by atoms with Gasteiger partial charge in [-0.3, -0.25) is 0 Å². The summed E-state index contributed by atoms with van der Waals surface area (Å²) in [7, 11) is 0. The van der Waals surface area contributed by atoms with E-state index < -0.39 is 17.4 Å². The molecule has 0 saturated heterocycles. The summed E-state index contributed by atoms with van der Waals surface area (Å²) >= 11 is 0. The van der Waals surface area contributed by atoms with Crippen molar-refractivity contribution in [3.63, 3.8) is 0 Å². The molecule has 8 nitrogen and oxygen atoms in total. The van der Waals surface area contributed by atoms with Crippen LogP contribution in [-0.4, -0.2) is 48.3 Å². The zero-order chi connectivity index (χ0) is 34.7. The van der Waals surface area contributed by atoms with Crippen molar-refractivity contribution in [1.82, 2.24) is 9.97 Å². The summed E-state index contributed by atoms with van der Waals surface area (Å²) in [5, 5.41) is 0. The molecule has 6 rings (SSSR count). The van der Waals surface area contributed by atoms with E-state index in [0.29, 0.717) is 0 Å². The Balaban J connectivity index is 1.53. The molecular weight excluding hydrogens is 616 g/mol. The Labute approximate surface area is 286 Å². The number of ether oxygens (including phenoxy) is 4. The highest BCUT2D eigenvalue weighted by molar-refractivity contribution is 5.88. The van der Waals surface area contributed by atoms with E-state index in [0.717, 1.165) is 90.6 Å². The highest BCUT2D eigenvalue weighted by Crippen LogP contribution is 2.56. The predicted molar refractivity (Wildman–Crippen MR) is 189 cm³/mol. The molecule has 1 aliphatic rings. The molecule has 1 heterocycles. The van der Waals surface area contributed by atoms with Gasteiger partial charge in [-0.05, 0) is 78.8 Å². The van der Waals surface area contributed by atoms with Gasteiger partial charge >= 0.3 is 11.9 Å². The number of hydrogen-bond donors (Lipinski definition) is 0. The minimum absolute atomic E-state index is 0.114. The van der Waals surface area contributed by atoms with Crippen LogP contribution in [0.15, 0.2) is 98.1 Å². The van der Waals surface area contributed by atoms with Crippen LogP contribution in [-0.2, 0) is 24.5 Å². The van der Waals surface area contributed by atoms with Gasteiger partial charge in [-0.25, -0.2) is 19.6 Å². The van der Waals surface area contributed by atoms with E-state index >= 15 is 0 Å². The molecule has 0 fully saturated rings. The molecule has 0 N–H and O–H groups in total. The molecule has 0 amide bonds. The van der Waals surface area contributed by atoms with Crippen molar-refractivity contribution in [2.24, 2.45) is 0 Å². The van der Waals surface area contributed by atoms with E-state index in [1.165, 1.54) is 0 Å². The molecule has 0 aliphatic heterocycles. The number of nitrogens with zero attached hydrogens (tertiary/aromatic N) is 2. The van der Waals surface area contributed by atoms with E-state index in [-0.39, 0.29) is 26.4 Å². The van der Waals surface area contributed by atoms with E-state index in [2.05, 4.69) is 55.6 Å². The van der Waals surface area contributed by atoms with Crippen LogP contribution in [0.4, 0.5) is 0 Å². The first-order valence-corrected chi connectivity index (χ1v) is 16.1. The third kappa shape index (κ3) is 6.06. The summed E-state index contributed by atoms with van der Waals surface area (Å²) in [5.74, 6) is 0.496. The zero-order valence-electron chi connectivity index (χ0n) is 28.2. The van der Waals surface area contributed by atoms with Crippen molar-refractivity contribution in [2.75, 3.05) is 26.4 Å². The first-order valence-electron chi connectivity index (χ1n) is 16.1. The average Bonchev–Trinajstić information content (AvgIpc) is 3.38. The van der Waals surface area contributed by atoms with Gasteiger partial charge in [0.1, 0.15) is 37.9 Å². The summed E-state index contributed by atoms with van der Waals surface area (Å²) < 4.78 is 22.6. The predicted octanol–water partition coefficient (Wildman–Crippen LogP) is 7.44. The standard InChI is InChI=1S/C41H38N2O6/c1-7-35(44)46-17-19-48-38-25(3)21-29(22-26(38)4)41(30-23-27(5)39(28(6)24-30)49-20-18-47-36(45)8-2)32-14-10-9-13-31(32)37-40(41)43-34-16-12-11-15-33(34)42-37/h7-16,21-24H,1-2,17-20H2,3-6H3. The second-order valence-electron chi connectivity index (χ2n) is 12.0. The smallest absolute Gasteiger partial charge is 0.330 e. The molecular formula is C41H38N2O6. The first kappa shape index (κ1) is 33.2. The maximum Gasteiger partial charge on any atom is 0.330 e. The van der Waals surface area contributed by atoms with E-state index in [9.17, 15) is 9.59 Å². The summed E-state index contributed by atoms with van der Waals surface area (Å²) in [5.41, 5.74) is 10.4. The number of benzene rings is 4. The van der Waals surface area contributed by atoms with Gasteiger partial charge in [0.15, 0.2) is 0 Å². The fourth-order valence-corrected chi connectivity index (χ4v) is 6.82. The van der Waals surface area contributed by atoms with Crippen molar-refractivity contribution in [1.29, 1.82) is 0 Å². The summed E-state index contributed by atoms with van der Waals surface area (Å²) in [4.78, 5) is 33.6. The van der Waals surface area contributed by atoms with Crippen molar-refractivity contribution in [3.8, 4) is 22.8 Å². The van der Waals surface area contributed by atoms with Gasteiger partial charge in [0.2, 0.25) is 0 Å². The van der Waals surface area contributed by atoms with Crippen LogP contribution in [0.3, 0.4) is 0 Å². The van der Waals surface area contributed by atoms with Crippen LogP contribution in [0.1, 0.15) is 44.6 Å². The Hall–Kier alpha value is -5.76. The van der Waals surface area contributed by atoms with Gasteiger partial charge in [-0.2, -0.15) is 0 Å². The Morgan fingerprint density at radius 2 is 1.10 bits per heavy atom. The number of esters is 2. The maximum absolute atomic E-state index is 11.5. The van der Waals surface area contributed by atoms with E-state index in [4.69, 9.17) is 28.9 Å². The van der Waals surface area contributed by atoms with Crippen molar-refractivity contribution in [3.05, 3.63) is 143 Å². The van der Waals surface area contributed by atoms with Crippen molar-refractivity contribution in [2.45, 2.75) is 33.1 Å². The van der Waals surface area contributed by atoms with Gasteiger partial charge in [0.25, 0.3) is 0 Å². The average molecular weight is 655 g/mol. The molecule has 1 aromatic heterocycles. The number of carbonyl (C=O) groups is 2. The number of carbonyl (C=O) groups excluding carboxylic acids is 2. The second-order valence-corrected chi connectivity index (χ2v) is 12.0. The Kier molecular flexibility index (Phi) is 9.31. The summed E-state index contributed by atoms with van der Waals surface area (Å²) in [6.07, 6.45) is 2.27. The molecule has 0 atom stereocenters. The Morgan fingerprint density at radius 1 is 0.653 bits per heavy atom. The number of hydrogen-bond acceptors (Lipinski definition) is 8. The monoisotopic (exact) mass is 654 g/mol. The molecule has 0 radical (unpaired) electrons. The molecule has 4 aromatic carbocycles. The van der Waals surface area contributed by atoms with Gasteiger partial charge in [0, 0.05) is 17.7 Å². The van der Waals surface area contributed by atoms with Crippen LogP contribution in [0.2, 0.25) is 0 Å². The topological polar surface area (TPSA) is 96.8 Å². The first-order chi connectivity index (χ1) is 23.7.